The summed E-state index contributed by atoms with van der Waals surface area (Å²) < 4.78 is 17.6. The van der Waals surface area contributed by atoms with Crippen molar-refractivity contribution in [3.8, 4) is 11.8 Å². The van der Waals surface area contributed by atoms with E-state index in [-0.39, 0.29) is 6.61 Å². The molecule has 1 aromatic carbocycles. The molecule has 5 N–H and O–H groups in total. The second-order valence-corrected chi connectivity index (χ2v) is 7.17. The quantitative estimate of drug-likeness (QED) is 0.581. The molecule has 1 aromatic rings. The van der Waals surface area contributed by atoms with E-state index in [0.29, 0.717) is 29.1 Å². The summed E-state index contributed by atoms with van der Waals surface area (Å²) in [6.07, 6.45) is 9.32. The van der Waals surface area contributed by atoms with Crippen LogP contribution in [0.25, 0.3) is 5.57 Å². The summed E-state index contributed by atoms with van der Waals surface area (Å²) in [5.74, 6) is 0.584. The van der Waals surface area contributed by atoms with Gasteiger partial charge in [-0.15, -0.1) is 0 Å². The van der Waals surface area contributed by atoms with Crippen molar-refractivity contribution >= 4 is 5.57 Å². The average Bonchev–Trinajstić information content (AvgIpc) is 2.94. The van der Waals surface area contributed by atoms with E-state index in [1.807, 2.05) is 13.0 Å². The van der Waals surface area contributed by atoms with Crippen molar-refractivity contribution in [1.82, 2.24) is 5.32 Å². The Morgan fingerprint density at radius 3 is 2.73 bits per heavy atom. The van der Waals surface area contributed by atoms with E-state index >= 15 is 0 Å². The molecule has 0 heterocycles. The van der Waals surface area contributed by atoms with Crippen LogP contribution in [-0.2, 0) is 0 Å². The number of aryl methyl sites for hydroxylation is 1. The fourth-order valence-corrected chi connectivity index (χ4v) is 3.14. The summed E-state index contributed by atoms with van der Waals surface area (Å²) in [5, 5.41) is 13.2. The van der Waals surface area contributed by atoms with Crippen LogP contribution in [0.1, 0.15) is 37.8 Å². The maximum atomic E-state index is 12.3. The van der Waals surface area contributed by atoms with Crippen LogP contribution in [0.2, 0.25) is 0 Å². The van der Waals surface area contributed by atoms with Crippen molar-refractivity contribution in [2.45, 2.75) is 45.7 Å². The Labute approximate surface area is 179 Å². The van der Waals surface area contributed by atoms with Crippen LogP contribution < -0.4 is 21.5 Å². The topological polar surface area (TPSA) is 97.1 Å². The minimum Gasteiger partial charge on any atom is -0.491 e. The lowest BCUT2D eigenvalue weighted by Crippen LogP contribution is -2.32. The predicted octanol–water partition coefficient (Wildman–Crippen LogP) is 4.27. The van der Waals surface area contributed by atoms with Gasteiger partial charge in [-0.05, 0) is 60.9 Å². The number of nitrogens with two attached hydrogens (primary N) is 2. The number of halogens is 1. The lowest BCUT2D eigenvalue weighted by atomic mass is 9.96. The third-order valence-electron chi connectivity index (χ3n) is 4.40. The molecule has 1 aliphatic rings. The van der Waals surface area contributed by atoms with Gasteiger partial charge in [0.25, 0.3) is 0 Å². The van der Waals surface area contributed by atoms with E-state index in [2.05, 4.69) is 49.7 Å². The van der Waals surface area contributed by atoms with Crippen LogP contribution in [0.5, 0.6) is 5.75 Å². The molecule has 0 spiro atoms. The number of rotatable bonds is 7. The first-order chi connectivity index (χ1) is 14.4. The number of benzene rings is 1. The first-order valence-electron chi connectivity index (χ1n) is 10.0. The van der Waals surface area contributed by atoms with Crippen LogP contribution in [0.3, 0.4) is 0 Å². The normalized spacial score (nSPS) is 16.4. The molecule has 0 fully saturated rings. The number of nitriles is 1. The Morgan fingerprint density at radius 2 is 2.17 bits per heavy atom. The van der Waals surface area contributed by atoms with Gasteiger partial charge >= 0.3 is 0 Å². The summed E-state index contributed by atoms with van der Waals surface area (Å²) in [5.41, 5.74) is 14.4. The molecule has 0 saturated heterocycles. The van der Waals surface area contributed by atoms with Crippen molar-refractivity contribution in [3.63, 3.8) is 0 Å². The van der Waals surface area contributed by atoms with Crippen molar-refractivity contribution in [2.75, 3.05) is 13.3 Å². The molecule has 1 atom stereocenters. The fraction of sp³-hybridized carbons (Fsp3) is 0.375. The monoisotopic (exact) mass is 412 g/mol. The van der Waals surface area contributed by atoms with Gasteiger partial charge in [0.15, 0.2) is 0 Å². The Kier molecular flexibility index (Phi) is 11.0. The Balaban J connectivity index is 0.00000141. The number of alkyl halides is 1. The van der Waals surface area contributed by atoms with Crippen molar-refractivity contribution in [1.29, 1.82) is 5.26 Å². The minimum absolute atomic E-state index is 0.0190. The standard InChI is InChI=1S/C22H28FN3O.C2H5N/c1-15(2)26-18-6-4-5-17(7-8-18)22(25)21(14-24)20-10-9-19(13-16(20)3)27-12-11-23;1-2-3/h5,7-10,13,15,18,26H,4,6,11-12,25H2,1-3H3;2H,1,3H2/b22-21-;. The zero-order valence-electron chi connectivity index (χ0n) is 18.1. The number of hydrogen-bond donors (Lipinski definition) is 3. The molecule has 0 radical (unpaired) electrons. The highest BCUT2D eigenvalue weighted by atomic mass is 19.1. The van der Waals surface area contributed by atoms with E-state index in [9.17, 15) is 9.65 Å². The molecule has 0 bridgehead atoms. The van der Waals surface area contributed by atoms with Crippen molar-refractivity contribution < 1.29 is 9.13 Å². The average molecular weight is 413 g/mol. The zero-order valence-corrected chi connectivity index (χ0v) is 18.1. The highest BCUT2D eigenvalue weighted by molar-refractivity contribution is 5.83. The van der Waals surface area contributed by atoms with Crippen LogP contribution >= 0.6 is 0 Å². The maximum Gasteiger partial charge on any atom is 0.123 e. The lowest BCUT2D eigenvalue weighted by molar-refractivity contribution is 0.273. The SMILES string of the molecule is C=CN.Cc1cc(OCCF)ccc1/C(C#N)=C(\N)C1=CCCC(NC(C)C)C=C1. The molecule has 1 unspecified atom stereocenters. The molecule has 162 valence electrons. The Hall–Kier alpha value is -3.04. The fourth-order valence-electron chi connectivity index (χ4n) is 3.14. The molecule has 0 aliphatic heterocycles. The van der Waals surface area contributed by atoms with Gasteiger partial charge in [0.1, 0.15) is 25.1 Å². The molecular formula is C24H33FN4O. The van der Waals surface area contributed by atoms with Gasteiger partial charge in [-0.1, -0.05) is 38.7 Å². The summed E-state index contributed by atoms with van der Waals surface area (Å²) in [6, 6.07) is 8.29. The third-order valence-corrected chi connectivity index (χ3v) is 4.40. The van der Waals surface area contributed by atoms with Gasteiger partial charge in [0.05, 0.1) is 11.3 Å². The van der Waals surface area contributed by atoms with Gasteiger partial charge in [-0.25, -0.2) is 4.39 Å². The first kappa shape index (κ1) is 25.0. The number of ether oxygens (including phenoxy) is 1. The second-order valence-electron chi connectivity index (χ2n) is 7.17. The second kappa shape index (κ2) is 13.2. The zero-order chi connectivity index (χ0) is 22.5. The smallest absolute Gasteiger partial charge is 0.123 e. The predicted molar refractivity (Wildman–Crippen MR) is 122 cm³/mol. The number of allylic oxidation sites excluding steroid dienone is 3. The number of nitrogens with one attached hydrogen (secondary N) is 1. The van der Waals surface area contributed by atoms with Crippen LogP contribution in [0.15, 0.2) is 60.5 Å². The summed E-state index contributed by atoms with van der Waals surface area (Å²) in [4.78, 5) is 0. The van der Waals surface area contributed by atoms with Crippen LogP contribution in [0, 0.1) is 18.3 Å². The molecule has 0 saturated carbocycles. The molecule has 0 aromatic heterocycles. The van der Waals surface area contributed by atoms with Crippen molar-refractivity contribution in [2.24, 2.45) is 11.5 Å². The molecule has 0 amide bonds. The van der Waals surface area contributed by atoms with E-state index < -0.39 is 6.67 Å². The summed E-state index contributed by atoms with van der Waals surface area (Å²) in [7, 11) is 0. The van der Waals surface area contributed by atoms with Gasteiger partial charge < -0.3 is 21.5 Å². The molecule has 1 aliphatic carbocycles. The summed E-state index contributed by atoms with van der Waals surface area (Å²) >= 11 is 0. The van der Waals surface area contributed by atoms with Crippen LogP contribution in [-0.4, -0.2) is 25.4 Å². The highest BCUT2D eigenvalue weighted by Crippen LogP contribution is 2.28. The molecule has 2 rings (SSSR count). The molecule has 6 heteroatoms. The van der Waals surface area contributed by atoms with Gasteiger partial charge in [-0.2, -0.15) is 5.26 Å². The third kappa shape index (κ3) is 7.76. The first-order valence-corrected chi connectivity index (χ1v) is 10.0. The lowest BCUT2D eigenvalue weighted by Gasteiger charge is -2.16. The largest absolute Gasteiger partial charge is 0.491 e. The van der Waals surface area contributed by atoms with E-state index in [4.69, 9.17) is 10.5 Å². The Bertz CT molecular complexity index is 834. The van der Waals surface area contributed by atoms with Gasteiger partial charge in [-0.3, -0.25) is 0 Å². The molecule has 5 nitrogen and oxygen atoms in total. The Morgan fingerprint density at radius 1 is 1.47 bits per heavy atom. The van der Waals surface area contributed by atoms with Gasteiger partial charge in [0, 0.05) is 12.1 Å². The number of nitrogens with zero attached hydrogens (tertiary/aromatic N) is 1. The molecule has 30 heavy (non-hydrogen) atoms. The van der Waals surface area contributed by atoms with E-state index in [1.165, 1.54) is 6.20 Å². The minimum atomic E-state index is -0.537. The van der Waals surface area contributed by atoms with E-state index in [0.717, 1.165) is 29.5 Å². The highest BCUT2D eigenvalue weighted by Gasteiger charge is 2.15. The van der Waals surface area contributed by atoms with E-state index in [1.54, 1.807) is 18.2 Å². The summed E-state index contributed by atoms with van der Waals surface area (Å²) in [6.45, 7) is 8.76. The van der Waals surface area contributed by atoms with Crippen LogP contribution in [0.4, 0.5) is 4.39 Å². The molecular weight excluding hydrogens is 379 g/mol. The van der Waals surface area contributed by atoms with Crippen molar-refractivity contribution in [3.05, 3.63) is 71.6 Å². The maximum absolute atomic E-state index is 12.3. The van der Waals surface area contributed by atoms with Gasteiger partial charge in [0.2, 0.25) is 0 Å². The number of hydrogen-bond acceptors (Lipinski definition) is 5.